The van der Waals surface area contributed by atoms with Gasteiger partial charge in [-0.2, -0.15) is 0 Å². The van der Waals surface area contributed by atoms with Gasteiger partial charge in [0.1, 0.15) is 11.5 Å². The third kappa shape index (κ3) is 5.01. The van der Waals surface area contributed by atoms with E-state index in [9.17, 15) is 4.79 Å². The molecule has 3 aromatic rings. The zero-order chi connectivity index (χ0) is 19.1. The van der Waals surface area contributed by atoms with Gasteiger partial charge in [-0.3, -0.25) is 4.79 Å². The fraction of sp³-hybridized carbons (Fsp3) is 0.136. The van der Waals surface area contributed by atoms with E-state index in [-0.39, 0.29) is 12.3 Å². The summed E-state index contributed by atoms with van der Waals surface area (Å²) in [6.07, 6.45) is 0.274. The van der Waals surface area contributed by atoms with Crippen molar-refractivity contribution in [3.05, 3.63) is 78.4 Å². The van der Waals surface area contributed by atoms with Gasteiger partial charge in [0.05, 0.1) is 20.6 Å². The van der Waals surface area contributed by atoms with E-state index in [4.69, 9.17) is 14.2 Å². The second kappa shape index (κ2) is 8.76. The summed E-state index contributed by atoms with van der Waals surface area (Å²) in [5.41, 5.74) is 1.60. The summed E-state index contributed by atoms with van der Waals surface area (Å²) < 4.78 is 16.3. The van der Waals surface area contributed by atoms with Gasteiger partial charge in [0.25, 0.3) is 0 Å². The van der Waals surface area contributed by atoms with Gasteiger partial charge in [-0.25, -0.2) is 0 Å². The van der Waals surface area contributed by atoms with Crippen molar-refractivity contribution in [1.29, 1.82) is 0 Å². The van der Waals surface area contributed by atoms with Gasteiger partial charge in [0, 0.05) is 5.69 Å². The van der Waals surface area contributed by atoms with Crippen LogP contribution in [-0.4, -0.2) is 20.1 Å². The monoisotopic (exact) mass is 363 g/mol. The number of hydrogen-bond donors (Lipinski definition) is 1. The molecule has 5 nitrogen and oxygen atoms in total. The van der Waals surface area contributed by atoms with E-state index in [1.807, 2.05) is 48.5 Å². The zero-order valence-electron chi connectivity index (χ0n) is 15.3. The van der Waals surface area contributed by atoms with Crippen LogP contribution in [-0.2, 0) is 11.2 Å². The topological polar surface area (TPSA) is 56.8 Å². The van der Waals surface area contributed by atoms with Crippen molar-refractivity contribution in [2.45, 2.75) is 6.42 Å². The molecule has 138 valence electrons. The summed E-state index contributed by atoms with van der Waals surface area (Å²) in [5, 5.41) is 2.88. The molecule has 0 saturated heterocycles. The number of amides is 1. The van der Waals surface area contributed by atoms with E-state index in [2.05, 4.69) is 5.32 Å². The Morgan fingerprint density at radius 2 is 1.56 bits per heavy atom. The zero-order valence-corrected chi connectivity index (χ0v) is 15.3. The van der Waals surface area contributed by atoms with Crippen molar-refractivity contribution in [2.75, 3.05) is 19.5 Å². The standard InChI is InChI=1S/C22H21NO4/c1-25-19-7-5-6-16(14-19)15-22(24)23-17-10-12-18(13-11-17)27-21-9-4-3-8-20(21)26-2/h3-14H,15H2,1-2H3,(H,23,24). The number of carbonyl (C=O) groups is 1. The minimum atomic E-state index is -0.0957. The van der Waals surface area contributed by atoms with E-state index in [0.29, 0.717) is 22.9 Å². The lowest BCUT2D eigenvalue weighted by Crippen LogP contribution is -2.14. The van der Waals surface area contributed by atoms with Crippen LogP contribution in [0.1, 0.15) is 5.56 Å². The van der Waals surface area contributed by atoms with Crippen LogP contribution < -0.4 is 19.5 Å². The van der Waals surface area contributed by atoms with Crippen LogP contribution in [0, 0.1) is 0 Å². The molecule has 1 N–H and O–H groups in total. The quantitative estimate of drug-likeness (QED) is 0.662. The van der Waals surface area contributed by atoms with Gasteiger partial charge in [0.2, 0.25) is 5.91 Å². The predicted octanol–water partition coefficient (Wildman–Crippen LogP) is 4.68. The highest BCUT2D eigenvalue weighted by molar-refractivity contribution is 5.92. The van der Waals surface area contributed by atoms with Gasteiger partial charge in [0.15, 0.2) is 11.5 Å². The van der Waals surface area contributed by atoms with E-state index in [1.165, 1.54) is 0 Å². The summed E-state index contributed by atoms with van der Waals surface area (Å²) in [4.78, 5) is 12.2. The second-order valence-electron chi connectivity index (χ2n) is 5.85. The molecule has 3 aromatic carbocycles. The molecule has 0 saturated carbocycles. The molecular weight excluding hydrogens is 342 g/mol. The average molecular weight is 363 g/mol. The number of hydrogen-bond acceptors (Lipinski definition) is 4. The maximum Gasteiger partial charge on any atom is 0.228 e. The molecule has 0 heterocycles. The van der Waals surface area contributed by atoms with Gasteiger partial charge in [-0.05, 0) is 54.1 Å². The number of methoxy groups -OCH3 is 2. The fourth-order valence-electron chi connectivity index (χ4n) is 2.61. The Kier molecular flexibility index (Phi) is 5.94. The summed E-state index contributed by atoms with van der Waals surface area (Å²) in [7, 11) is 3.21. The average Bonchev–Trinajstić information content (AvgIpc) is 2.70. The van der Waals surface area contributed by atoms with Crippen molar-refractivity contribution in [1.82, 2.24) is 0 Å². The number of ether oxygens (including phenoxy) is 3. The molecule has 0 spiro atoms. The van der Waals surface area contributed by atoms with Crippen molar-refractivity contribution < 1.29 is 19.0 Å². The first-order valence-corrected chi connectivity index (χ1v) is 8.51. The maximum absolute atomic E-state index is 12.2. The van der Waals surface area contributed by atoms with Gasteiger partial charge in [-0.1, -0.05) is 24.3 Å². The third-order valence-electron chi connectivity index (χ3n) is 3.93. The Morgan fingerprint density at radius 1 is 0.815 bits per heavy atom. The third-order valence-corrected chi connectivity index (χ3v) is 3.93. The van der Waals surface area contributed by atoms with Crippen molar-refractivity contribution >= 4 is 11.6 Å². The molecule has 0 aromatic heterocycles. The number of nitrogens with one attached hydrogen (secondary N) is 1. The number of benzene rings is 3. The molecule has 0 aliphatic rings. The highest BCUT2D eigenvalue weighted by Gasteiger charge is 2.07. The second-order valence-corrected chi connectivity index (χ2v) is 5.85. The Balaban J connectivity index is 1.60. The van der Waals surface area contributed by atoms with Gasteiger partial charge in [-0.15, -0.1) is 0 Å². The van der Waals surface area contributed by atoms with Crippen LogP contribution in [0.2, 0.25) is 0 Å². The first kappa shape index (κ1) is 18.3. The molecule has 5 heteroatoms. The molecule has 0 fully saturated rings. The highest BCUT2D eigenvalue weighted by atomic mass is 16.5. The molecule has 1 amide bonds. The van der Waals surface area contributed by atoms with Crippen molar-refractivity contribution in [3.8, 4) is 23.0 Å². The lowest BCUT2D eigenvalue weighted by Gasteiger charge is -2.11. The highest BCUT2D eigenvalue weighted by Crippen LogP contribution is 2.31. The first-order chi connectivity index (χ1) is 13.2. The van der Waals surface area contributed by atoms with E-state index in [0.717, 1.165) is 11.3 Å². The summed E-state index contributed by atoms with van der Waals surface area (Å²) in [6.45, 7) is 0. The maximum atomic E-state index is 12.2. The van der Waals surface area contributed by atoms with Crippen LogP contribution in [0.15, 0.2) is 72.8 Å². The minimum absolute atomic E-state index is 0.0957. The summed E-state index contributed by atoms with van der Waals surface area (Å²) in [6, 6.07) is 22.1. The fourth-order valence-corrected chi connectivity index (χ4v) is 2.61. The molecule has 0 bridgehead atoms. The molecule has 0 aliphatic heterocycles. The van der Waals surface area contributed by atoms with Crippen LogP contribution in [0.3, 0.4) is 0 Å². The lowest BCUT2D eigenvalue weighted by atomic mass is 10.1. The predicted molar refractivity (Wildman–Crippen MR) is 105 cm³/mol. The molecule has 0 atom stereocenters. The van der Waals surface area contributed by atoms with E-state index < -0.39 is 0 Å². The Morgan fingerprint density at radius 3 is 2.26 bits per heavy atom. The SMILES string of the molecule is COc1cccc(CC(=O)Nc2ccc(Oc3ccccc3OC)cc2)c1. The van der Waals surface area contributed by atoms with Gasteiger partial charge >= 0.3 is 0 Å². The minimum Gasteiger partial charge on any atom is -0.497 e. The molecule has 0 unspecified atom stereocenters. The normalized spacial score (nSPS) is 10.1. The number of carbonyl (C=O) groups excluding carboxylic acids is 1. The van der Waals surface area contributed by atoms with Crippen LogP contribution >= 0.6 is 0 Å². The number of anilines is 1. The molecule has 0 radical (unpaired) electrons. The van der Waals surface area contributed by atoms with Crippen LogP contribution in [0.25, 0.3) is 0 Å². The van der Waals surface area contributed by atoms with Crippen LogP contribution in [0.5, 0.6) is 23.0 Å². The Bertz CT molecular complexity index is 906. The Labute approximate surface area is 158 Å². The summed E-state index contributed by atoms with van der Waals surface area (Å²) >= 11 is 0. The van der Waals surface area contributed by atoms with E-state index >= 15 is 0 Å². The molecule has 3 rings (SSSR count). The van der Waals surface area contributed by atoms with Gasteiger partial charge < -0.3 is 19.5 Å². The lowest BCUT2D eigenvalue weighted by molar-refractivity contribution is -0.115. The smallest absolute Gasteiger partial charge is 0.228 e. The number of rotatable bonds is 7. The molecule has 0 aliphatic carbocycles. The van der Waals surface area contributed by atoms with E-state index in [1.54, 1.807) is 38.5 Å². The Hall–Kier alpha value is -3.47. The molecule has 27 heavy (non-hydrogen) atoms. The van der Waals surface area contributed by atoms with Crippen LogP contribution in [0.4, 0.5) is 5.69 Å². The van der Waals surface area contributed by atoms with Crippen molar-refractivity contribution in [2.24, 2.45) is 0 Å². The van der Waals surface area contributed by atoms with Crippen molar-refractivity contribution in [3.63, 3.8) is 0 Å². The first-order valence-electron chi connectivity index (χ1n) is 8.51. The molecular formula is C22H21NO4. The number of para-hydroxylation sites is 2. The summed E-state index contributed by atoms with van der Waals surface area (Å²) in [5.74, 6) is 2.59. The largest absolute Gasteiger partial charge is 0.497 e.